The Kier molecular flexibility index (Phi) is 2.74. The van der Waals surface area contributed by atoms with Crippen molar-refractivity contribution in [1.29, 1.82) is 0 Å². The van der Waals surface area contributed by atoms with Gasteiger partial charge in [-0.05, 0) is 30.0 Å². The van der Waals surface area contributed by atoms with E-state index in [9.17, 15) is 0 Å². The maximum Gasteiger partial charge on any atom is 0.188 e. The fourth-order valence-corrected chi connectivity index (χ4v) is 2.24. The number of H-pyrrole nitrogens is 1. The molecule has 0 fully saturated rings. The van der Waals surface area contributed by atoms with Crippen LogP contribution in [0.2, 0.25) is 0 Å². The first-order valence-electron chi connectivity index (χ1n) is 3.84. The summed E-state index contributed by atoms with van der Waals surface area (Å²) in [6.45, 7) is 0. The maximum absolute atomic E-state index is 5.80. The second kappa shape index (κ2) is 4.02. The van der Waals surface area contributed by atoms with Gasteiger partial charge in [-0.25, -0.2) is 4.98 Å². The zero-order chi connectivity index (χ0) is 9.97. The summed E-state index contributed by atoms with van der Waals surface area (Å²) in [5.74, 6) is 0. The second-order valence-corrected chi connectivity index (χ2v) is 4.52. The van der Waals surface area contributed by atoms with Crippen LogP contribution in [0.5, 0.6) is 0 Å². The molecule has 3 N–H and O–H groups in total. The largest absolute Gasteiger partial charge is 0.398 e. The molecule has 2 aromatic rings. The molecular weight excluding hydrogens is 264 g/mol. The van der Waals surface area contributed by atoms with Crippen LogP contribution in [0.15, 0.2) is 39.1 Å². The molecule has 0 unspecified atom stereocenters. The number of aromatic nitrogens is 3. The number of anilines is 1. The van der Waals surface area contributed by atoms with Gasteiger partial charge >= 0.3 is 0 Å². The minimum Gasteiger partial charge on any atom is -0.398 e. The lowest BCUT2D eigenvalue weighted by atomic mass is 10.3. The highest BCUT2D eigenvalue weighted by Gasteiger charge is 2.04. The lowest BCUT2D eigenvalue weighted by Crippen LogP contribution is -1.88. The molecule has 0 aliphatic carbocycles. The Labute approximate surface area is 93.4 Å². The molecule has 0 radical (unpaired) electrons. The Bertz CT molecular complexity index is 429. The quantitative estimate of drug-likeness (QED) is 0.822. The number of nitrogens with two attached hydrogens (primary N) is 1. The Morgan fingerprint density at radius 1 is 1.43 bits per heavy atom. The maximum atomic E-state index is 5.80. The molecule has 4 nitrogen and oxygen atoms in total. The van der Waals surface area contributed by atoms with E-state index in [-0.39, 0.29) is 0 Å². The molecule has 0 spiro atoms. The van der Waals surface area contributed by atoms with Crippen molar-refractivity contribution in [1.82, 2.24) is 15.2 Å². The molecular formula is C8H7BrN4S. The molecule has 1 heterocycles. The third-order valence-electron chi connectivity index (χ3n) is 1.58. The topological polar surface area (TPSA) is 67.6 Å². The average Bonchev–Trinajstić information content (AvgIpc) is 2.64. The van der Waals surface area contributed by atoms with E-state index in [0.29, 0.717) is 0 Å². The zero-order valence-electron chi connectivity index (χ0n) is 7.07. The second-order valence-electron chi connectivity index (χ2n) is 2.57. The highest BCUT2D eigenvalue weighted by molar-refractivity contribution is 9.10. The van der Waals surface area contributed by atoms with Crippen molar-refractivity contribution in [3.63, 3.8) is 0 Å². The molecule has 0 aliphatic rings. The average molecular weight is 271 g/mol. The third-order valence-corrected chi connectivity index (χ3v) is 3.03. The van der Waals surface area contributed by atoms with E-state index >= 15 is 0 Å². The number of hydrogen-bond donors (Lipinski definition) is 2. The molecule has 0 saturated heterocycles. The summed E-state index contributed by atoms with van der Waals surface area (Å²) < 4.78 is 0.994. The van der Waals surface area contributed by atoms with Crippen LogP contribution in [0.3, 0.4) is 0 Å². The van der Waals surface area contributed by atoms with Gasteiger partial charge in [-0.2, -0.15) is 5.10 Å². The van der Waals surface area contributed by atoms with Crippen LogP contribution in [0, 0.1) is 0 Å². The van der Waals surface area contributed by atoms with E-state index in [1.54, 1.807) is 0 Å². The summed E-state index contributed by atoms with van der Waals surface area (Å²) in [6, 6.07) is 5.70. The van der Waals surface area contributed by atoms with Gasteiger partial charge in [0.15, 0.2) is 5.16 Å². The van der Waals surface area contributed by atoms with Gasteiger partial charge in [0, 0.05) is 15.1 Å². The predicted molar refractivity (Wildman–Crippen MR) is 59.1 cm³/mol. The van der Waals surface area contributed by atoms with Crippen molar-refractivity contribution in [3.05, 3.63) is 29.0 Å². The molecule has 1 aromatic heterocycles. The standard InChI is InChI=1S/C8H7BrN4S/c9-5-1-2-6(10)7(3-5)14-8-11-4-12-13-8/h1-4H,10H2,(H,11,12,13). The molecule has 1 aromatic carbocycles. The van der Waals surface area contributed by atoms with E-state index in [1.165, 1.54) is 18.1 Å². The van der Waals surface area contributed by atoms with Crippen molar-refractivity contribution in [2.24, 2.45) is 0 Å². The van der Waals surface area contributed by atoms with Gasteiger partial charge in [0.25, 0.3) is 0 Å². The van der Waals surface area contributed by atoms with Crippen LogP contribution < -0.4 is 5.73 Å². The van der Waals surface area contributed by atoms with Crippen molar-refractivity contribution in [3.8, 4) is 0 Å². The van der Waals surface area contributed by atoms with E-state index < -0.39 is 0 Å². The van der Waals surface area contributed by atoms with Crippen LogP contribution in [0.25, 0.3) is 0 Å². The van der Waals surface area contributed by atoms with Gasteiger partial charge in [-0.1, -0.05) is 15.9 Å². The SMILES string of the molecule is Nc1ccc(Br)cc1Sc1ncn[nH]1. The predicted octanol–water partition coefficient (Wildman–Crippen LogP) is 2.30. The number of hydrogen-bond acceptors (Lipinski definition) is 4. The number of nitrogen functional groups attached to an aromatic ring is 1. The molecule has 72 valence electrons. The van der Waals surface area contributed by atoms with Gasteiger partial charge in [0.2, 0.25) is 0 Å². The summed E-state index contributed by atoms with van der Waals surface area (Å²) in [7, 11) is 0. The van der Waals surface area contributed by atoms with Gasteiger partial charge < -0.3 is 5.73 Å². The van der Waals surface area contributed by atoms with Crippen molar-refractivity contribution in [2.75, 3.05) is 5.73 Å². The zero-order valence-corrected chi connectivity index (χ0v) is 9.47. The molecule has 0 atom stereocenters. The summed E-state index contributed by atoms with van der Waals surface area (Å²) in [4.78, 5) is 4.96. The number of aromatic amines is 1. The molecule has 2 rings (SSSR count). The smallest absolute Gasteiger partial charge is 0.188 e. The molecule has 6 heteroatoms. The summed E-state index contributed by atoms with van der Waals surface area (Å²) in [5.41, 5.74) is 6.53. The number of benzene rings is 1. The minimum absolute atomic E-state index is 0.731. The third kappa shape index (κ3) is 2.08. The van der Waals surface area contributed by atoms with Gasteiger partial charge in [0.1, 0.15) is 6.33 Å². The molecule has 0 amide bonds. The first kappa shape index (κ1) is 9.54. The van der Waals surface area contributed by atoms with Crippen LogP contribution in [-0.4, -0.2) is 15.2 Å². The Balaban J connectivity index is 2.28. The molecule has 0 aliphatic heterocycles. The van der Waals surface area contributed by atoms with Crippen molar-refractivity contribution >= 4 is 33.4 Å². The molecule has 0 saturated carbocycles. The first-order chi connectivity index (χ1) is 6.75. The van der Waals surface area contributed by atoms with Crippen molar-refractivity contribution < 1.29 is 0 Å². The van der Waals surface area contributed by atoms with Crippen molar-refractivity contribution in [2.45, 2.75) is 10.1 Å². The number of nitrogens with one attached hydrogen (secondary N) is 1. The van der Waals surface area contributed by atoms with E-state index in [4.69, 9.17) is 5.73 Å². The first-order valence-corrected chi connectivity index (χ1v) is 5.45. The Morgan fingerprint density at radius 3 is 3.00 bits per heavy atom. The molecule has 0 bridgehead atoms. The van der Waals surface area contributed by atoms with Gasteiger partial charge in [0.05, 0.1) is 0 Å². The van der Waals surface area contributed by atoms with Crippen LogP contribution >= 0.6 is 27.7 Å². The minimum atomic E-state index is 0.731. The fraction of sp³-hybridized carbons (Fsp3) is 0. The summed E-state index contributed by atoms with van der Waals surface area (Å²) >= 11 is 4.84. The van der Waals surface area contributed by atoms with Crippen LogP contribution in [0.1, 0.15) is 0 Å². The lowest BCUT2D eigenvalue weighted by molar-refractivity contribution is 0.973. The van der Waals surface area contributed by atoms with Crippen LogP contribution in [0.4, 0.5) is 5.69 Å². The van der Waals surface area contributed by atoms with Crippen LogP contribution in [-0.2, 0) is 0 Å². The molecule has 14 heavy (non-hydrogen) atoms. The Hall–Kier alpha value is -1.01. The number of halogens is 1. The number of rotatable bonds is 2. The lowest BCUT2D eigenvalue weighted by Gasteiger charge is -2.02. The fourth-order valence-electron chi connectivity index (χ4n) is 0.944. The summed E-state index contributed by atoms with van der Waals surface area (Å²) in [6.07, 6.45) is 1.47. The van der Waals surface area contributed by atoms with Gasteiger partial charge in [-0.15, -0.1) is 0 Å². The van der Waals surface area contributed by atoms with E-state index in [2.05, 4.69) is 31.1 Å². The monoisotopic (exact) mass is 270 g/mol. The number of nitrogens with zero attached hydrogens (tertiary/aromatic N) is 2. The highest BCUT2D eigenvalue weighted by atomic mass is 79.9. The van der Waals surface area contributed by atoms with E-state index in [1.807, 2.05) is 18.2 Å². The normalized spacial score (nSPS) is 10.4. The Morgan fingerprint density at radius 2 is 2.29 bits per heavy atom. The highest BCUT2D eigenvalue weighted by Crippen LogP contribution is 2.31. The summed E-state index contributed by atoms with van der Waals surface area (Å²) in [5, 5.41) is 7.26. The van der Waals surface area contributed by atoms with Gasteiger partial charge in [-0.3, -0.25) is 5.10 Å². The van der Waals surface area contributed by atoms with E-state index in [0.717, 1.165) is 20.2 Å².